The Balaban J connectivity index is 1.92. The van der Waals surface area contributed by atoms with Crippen LogP contribution in [0.1, 0.15) is 51.8 Å². The van der Waals surface area contributed by atoms with Crippen molar-refractivity contribution < 1.29 is 19.0 Å². The molecule has 36 heavy (non-hydrogen) atoms. The zero-order valence-corrected chi connectivity index (χ0v) is 21.9. The molecule has 2 heterocycles. The van der Waals surface area contributed by atoms with Gasteiger partial charge in [0.05, 0.1) is 35.1 Å². The van der Waals surface area contributed by atoms with Crippen LogP contribution in [-0.4, -0.2) is 29.9 Å². The van der Waals surface area contributed by atoms with Crippen molar-refractivity contribution in [3.8, 4) is 11.5 Å². The van der Waals surface area contributed by atoms with Gasteiger partial charge in [0.2, 0.25) is 0 Å². The van der Waals surface area contributed by atoms with Crippen molar-refractivity contribution >= 4 is 23.4 Å². The first-order valence-electron chi connectivity index (χ1n) is 12.0. The number of esters is 1. The van der Waals surface area contributed by atoms with E-state index in [2.05, 4.69) is 4.99 Å². The lowest BCUT2D eigenvalue weighted by molar-refractivity contribution is -0.139. The molecule has 0 spiro atoms. The first-order chi connectivity index (χ1) is 17.3. The predicted octanol–water partition coefficient (Wildman–Crippen LogP) is 3.98. The lowest BCUT2D eigenvalue weighted by Gasteiger charge is -2.26. The molecule has 188 valence electrons. The third-order valence-electron chi connectivity index (χ3n) is 5.58. The van der Waals surface area contributed by atoms with Crippen molar-refractivity contribution in [3.05, 3.63) is 90.6 Å². The number of rotatable bonds is 8. The molecular weight excluding hydrogens is 476 g/mol. The summed E-state index contributed by atoms with van der Waals surface area (Å²) in [4.78, 5) is 32.1. The number of allylic oxidation sites excluding steroid dienone is 1. The van der Waals surface area contributed by atoms with Gasteiger partial charge >= 0.3 is 5.97 Å². The lowest BCUT2D eigenvalue weighted by atomic mass is 9.95. The quantitative estimate of drug-likeness (QED) is 0.432. The minimum atomic E-state index is -0.724. The molecule has 0 saturated heterocycles. The largest absolute Gasteiger partial charge is 0.494 e. The minimum absolute atomic E-state index is 0.0854. The van der Waals surface area contributed by atoms with E-state index in [1.807, 2.05) is 75.4 Å². The second kappa shape index (κ2) is 11.0. The SMILES string of the molecule is CCOC(=O)C1=C(C)N=c2sc(=Cc3ccc(OCC)cc3)c(=O)n2C1c1ccccc1OC(C)C. The summed E-state index contributed by atoms with van der Waals surface area (Å²) < 4.78 is 19.1. The van der Waals surface area contributed by atoms with Gasteiger partial charge in [-0.05, 0) is 64.5 Å². The molecule has 0 N–H and O–H groups in total. The molecule has 0 saturated carbocycles. The van der Waals surface area contributed by atoms with Gasteiger partial charge in [-0.3, -0.25) is 9.36 Å². The molecule has 0 aliphatic carbocycles. The van der Waals surface area contributed by atoms with Crippen LogP contribution in [0.15, 0.2) is 69.6 Å². The molecule has 8 heteroatoms. The van der Waals surface area contributed by atoms with E-state index in [9.17, 15) is 9.59 Å². The number of ether oxygens (including phenoxy) is 3. The number of hydrogen-bond acceptors (Lipinski definition) is 7. The van der Waals surface area contributed by atoms with Gasteiger partial charge in [0.25, 0.3) is 5.56 Å². The fourth-order valence-electron chi connectivity index (χ4n) is 4.13. The summed E-state index contributed by atoms with van der Waals surface area (Å²) in [5.41, 5.74) is 2.19. The topological polar surface area (TPSA) is 79.1 Å². The average molecular weight is 507 g/mol. The number of nitrogens with zero attached hydrogens (tertiary/aromatic N) is 2. The normalized spacial score (nSPS) is 15.5. The molecule has 0 amide bonds. The highest BCUT2D eigenvalue weighted by Gasteiger charge is 2.35. The first kappa shape index (κ1) is 25.4. The van der Waals surface area contributed by atoms with E-state index >= 15 is 0 Å². The number of benzene rings is 2. The Morgan fingerprint density at radius 1 is 1.11 bits per heavy atom. The fraction of sp³-hybridized carbons (Fsp3) is 0.321. The van der Waals surface area contributed by atoms with Gasteiger partial charge in [-0.2, -0.15) is 0 Å². The maximum absolute atomic E-state index is 13.8. The van der Waals surface area contributed by atoms with Crippen molar-refractivity contribution in [2.75, 3.05) is 13.2 Å². The van der Waals surface area contributed by atoms with E-state index in [4.69, 9.17) is 14.2 Å². The second-order valence-electron chi connectivity index (χ2n) is 8.51. The number of fused-ring (bicyclic) bond motifs is 1. The monoisotopic (exact) mass is 506 g/mol. The first-order valence-corrected chi connectivity index (χ1v) is 12.8. The highest BCUT2D eigenvalue weighted by atomic mass is 32.1. The Morgan fingerprint density at radius 3 is 2.50 bits per heavy atom. The average Bonchev–Trinajstić information content (AvgIpc) is 3.14. The number of thiazole rings is 1. The van der Waals surface area contributed by atoms with E-state index < -0.39 is 12.0 Å². The summed E-state index contributed by atoms with van der Waals surface area (Å²) in [6.07, 6.45) is 1.74. The van der Waals surface area contributed by atoms with E-state index in [-0.39, 0.29) is 18.3 Å². The van der Waals surface area contributed by atoms with Crippen molar-refractivity contribution in [2.45, 2.75) is 46.8 Å². The zero-order valence-electron chi connectivity index (χ0n) is 21.1. The molecule has 7 nitrogen and oxygen atoms in total. The van der Waals surface area contributed by atoms with Crippen LogP contribution in [0.25, 0.3) is 6.08 Å². The van der Waals surface area contributed by atoms with Crippen LogP contribution in [0.2, 0.25) is 0 Å². The smallest absolute Gasteiger partial charge is 0.338 e. The molecule has 1 aliphatic rings. The molecule has 1 aromatic heterocycles. The summed E-state index contributed by atoms with van der Waals surface area (Å²) in [6, 6.07) is 14.3. The second-order valence-corrected chi connectivity index (χ2v) is 9.52. The number of aromatic nitrogens is 1. The van der Waals surface area contributed by atoms with Crippen LogP contribution in [0.3, 0.4) is 0 Å². The minimum Gasteiger partial charge on any atom is -0.494 e. The Hall–Kier alpha value is -3.65. The Kier molecular flexibility index (Phi) is 7.74. The Labute approximate surface area is 214 Å². The van der Waals surface area contributed by atoms with Crippen molar-refractivity contribution in [2.24, 2.45) is 4.99 Å². The van der Waals surface area contributed by atoms with Gasteiger partial charge < -0.3 is 14.2 Å². The van der Waals surface area contributed by atoms with E-state index in [1.165, 1.54) is 11.3 Å². The van der Waals surface area contributed by atoms with Crippen LogP contribution in [0, 0.1) is 0 Å². The summed E-state index contributed by atoms with van der Waals surface area (Å²) in [5, 5.41) is 0. The molecule has 0 fully saturated rings. The molecule has 0 radical (unpaired) electrons. The summed E-state index contributed by atoms with van der Waals surface area (Å²) in [6.45, 7) is 10.1. The Morgan fingerprint density at radius 2 is 1.83 bits per heavy atom. The van der Waals surface area contributed by atoms with Gasteiger partial charge in [0, 0.05) is 5.56 Å². The lowest BCUT2D eigenvalue weighted by Crippen LogP contribution is -2.40. The Bertz CT molecular complexity index is 1460. The van der Waals surface area contributed by atoms with Crippen LogP contribution in [0.5, 0.6) is 11.5 Å². The van der Waals surface area contributed by atoms with E-state index in [1.54, 1.807) is 18.4 Å². The molecule has 1 atom stereocenters. The van der Waals surface area contributed by atoms with Crippen LogP contribution in [-0.2, 0) is 9.53 Å². The third kappa shape index (κ3) is 5.14. The van der Waals surface area contributed by atoms with Crippen LogP contribution < -0.4 is 24.4 Å². The summed E-state index contributed by atoms with van der Waals surface area (Å²) in [5.74, 6) is 0.881. The highest BCUT2D eigenvalue weighted by Crippen LogP contribution is 2.36. The predicted molar refractivity (Wildman–Crippen MR) is 140 cm³/mol. The molecule has 1 unspecified atom stereocenters. The molecular formula is C28H30N2O5S. The van der Waals surface area contributed by atoms with Gasteiger partial charge in [-0.1, -0.05) is 41.7 Å². The number of carbonyl (C=O) groups excluding carboxylic acids is 1. The van der Waals surface area contributed by atoms with Crippen LogP contribution in [0.4, 0.5) is 0 Å². The van der Waals surface area contributed by atoms with Gasteiger partial charge in [0.15, 0.2) is 4.80 Å². The molecule has 1 aliphatic heterocycles. The van der Waals surface area contributed by atoms with Crippen molar-refractivity contribution in [1.82, 2.24) is 4.57 Å². The van der Waals surface area contributed by atoms with E-state index in [0.717, 1.165) is 11.3 Å². The summed E-state index contributed by atoms with van der Waals surface area (Å²) >= 11 is 1.29. The van der Waals surface area contributed by atoms with Crippen LogP contribution >= 0.6 is 11.3 Å². The number of para-hydroxylation sites is 1. The molecule has 0 bridgehead atoms. The maximum Gasteiger partial charge on any atom is 0.338 e. The fourth-order valence-corrected chi connectivity index (χ4v) is 5.18. The standard InChI is InChI=1S/C28H30N2O5S/c1-6-33-20-14-12-19(13-15-20)16-23-26(31)30-25(21-10-8-9-11-22(21)35-17(3)4)24(27(32)34-7-2)18(5)29-28(30)36-23/h8-17,25H,6-7H2,1-5H3. The number of carbonyl (C=O) groups is 1. The summed E-state index contributed by atoms with van der Waals surface area (Å²) in [7, 11) is 0. The highest BCUT2D eigenvalue weighted by molar-refractivity contribution is 7.07. The molecule has 2 aromatic carbocycles. The third-order valence-corrected chi connectivity index (χ3v) is 6.57. The van der Waals surface area contributed by atoms with Gasteiger partial charge in [0.1, 0.15) is 17.5 Å². The maximum atomic E-state index is 13.8. The van der Waals surface area contributed by atoms with Gasteiger partial charge in [-0.25, -0.2) is 9.79 Å². The van der Waals surface area contributed by atoms with E-state index in [0.29, 0.717) is 38.5 Å². The van der Waals surface area contributed by atoms with Crippen molar-refractivity contribution in [3.63, 3.8) is 0 Å². The van der Waals surface area contributed by atoms with Crippen molar-refractivity contribution in [1.29, 1.82) is 0 Å². The molecule has 4 rings (SSSR count). The molecule has 3 aromatic rings. The zero-order chi connectivity index (χ0) is 25.8. The number of hydrogen-bond donors (Lipinski definition) is 0. The van der Waals surface area contributed by atoms with Gasteiger partial charge in [-0.15, -0.1) is 0 Å².